The Labute approximate surface area is 94.7 Å². The number of rotatable bonds is 2. The average Bonchev–Trinajstić information content (AvgIpc) is 2.52. The van der Waals surface area contributed by atoms with Crippen molar-refractivity contribution >= 4 is 5.91 Å². The lowest BCUT2D eigenvalue weighted by atomic mass is 9.91. The summed E-state index contributed by atoms with van der Waals surface area (Å²) in [5.74, 6) is -0.0544. The molecule has 2 heterocycles. The van der Waals surface area contributed by atoms with Crippen molar-refractivity contribution in [3.05, 3.63) is 17.5 Å². The Bertz CT molecular complexity index is 419. The molecular weight excluding hydrogens is 206 g/mol. The Morgan fingerprint density at radius 1 is 1.62 bits per heavy atom. The number of aliphatic hydroxyl groups is 1. The molecule has 5 nitrogen and oxygen atoms in total. The molecule has 88 valence electrons. The predicted molar refractivity (Wildman–Crippen MR) is 59.1 cm³/mol. The van der Waals surface area contributed by atoms with E-state index in [1.807, 2.05) is 13.8 Å². The van der Waals surface area contributed by atoms with Crippen LogP contribution in [0.25, 0.3) is 0 Å². The average molecular weight is 223 g/mol. The highest BCUT2D eigenvalue weighted by Gasteiger charge is 2.42. The van der Waals surface area contributed by atoms with Crippen LogP contribution in [-0.2, 0) is 7.05 Å². The van der Waals surface area contributed by atoms with Crippen molar-refractivity contribution in [3.63, 3.8) is 0 Å². The molecule has 0 saturated carbocycles. The van der Waals surface area contributed by atoms with E-state index in [9.17, 15) is 9.90 Å². The molecule has 16 heavy (non-hydrogen) atoms. The van der Waals surface area contributed by atoms with E-state index in [0.717, 1.165) is 5.69 Å². The molecule has 1 amide bonds. The van der Waals surface area contributed by atoms with Gasteiger partial charge in [-0.3, -0.25) is 9.48 Å². The lowest BCUT2D eigenvalue weighted by Gasteiger charge is -2.45. The van der Waals surface area contributed by atoms with Crippen LogP contribution in [-0.4, -0.2) is 44.4 Å². The number of nitrogens with zero attached hydrogens (tertiary/aromatic N) is 3. The molecular formula is C11H17N3O2. The topological polar surface area (TPSA) is 58.4 Å². The number of carbonyl (C=O) groups is 1. The second-order valence-electron chi connectivity index (χ2n) is 4.53. The highest BCUT2D eigenvalue weighted by Crippen LogP contribution is 2.25. The minimum atomic E-state index is -0.677. The zero-order chi connectivity index (χ0) is 11.9. The number of hydrogen-bond acceptors (Lipinski definition) is 3. The summed E-state index contributed by atoms with van der Waals surface area (Å²) in [4.78, 5) is 13.7. The number of aromatic nitrogens is 2. The maximum atomic E-state index is 12.0. The number of hydrogen-bond donors (Lipinski definition) is 1. The lowest BCUT2D eigenvalue weighted by Crippen LogP contribution is -2.63. The van der Waals surface area contributed by atoms with Crippen molar-refractivity contribution in [2.75, 3.05) is 13.1 Å². The molecule has 0 aliphatic carbocycles. The van der Waals surface area contributed by atoms with Gasteiger partial charge in [-0.05, 0) is 19.4 Å². The lowest BCUT2D eigenvalue weighted by molar-refractivity contribution is -0.0829. The molecule has 1 aliphatic rings. The Morgan fingerprint density at radius 2 is 2.25 bits per heavy atom. The minimum Gasteiger partial charge on any atom is -0.386 e. The molecule has 1 N–H and O–H groups in total. The molecule has 0 atom stereocenters. The first-order valence-electron chi connectivity index (χ1n) is 5.47. The molecule has 0 radical (unpaired) electrons. The fourth-order valence-electron chi connectivity index (χ4n) is 2.00. The molecule has 1 aromatic heterocycles. The summed E-state index contributed by atoms with van der Waals surface area (Å²) in [6.07, 6.45) is 0.682. The molecule has 1 saturated heterocycles. The van der Waals surface area contributed by atoms with Gasteiger partial charge in [0.05, 0.1) is 24.4 Å². The van der Waals surface area contributed by atoms with E-state index in [1.54, 1.807) is 22.7 Å². The number of likely N-dealkylation sites (tertiary alicyclic amines) is 1. The van der Waals surface area contributed by atoms with Crippen LogP contribution < -0.4 is 0 Å². The van der Waals surface area contributed by atoms with Gasteiger partial charge in [-0.1, -0.05) is 6.92 Å². The zero-order valence-corrected chi connectivity index (χ0v) is 9.90. The predicted octanol–water partition coefficient (Wildman–Crippen LogP) is 0.325. The van der Waals surface area contributed by atoms with Gasteiger partial charge in [0.15, 0.2) is 0 Å². The van der Waals surface area contributed by atoms with Crippen molar-refractivity contribution in [3.8, 4) is 0 Å². The summed E-state index contributed by atoms with van der Waals surface area (Å²) in [6.45, 7) is 4.63. The van der Waals surface area contributed by atoms with Crippen LogP contribution in [0.2, 0.25) is 0 Å². The second kappa shape index (κ2) is 3.59. The second-order valence-corrected chi connectivity index (χ2v) is 4.53. The molecule has 1 fully saturated rings. The number of aryl methyl sites for hydroxylation is 2. The van der Waals surface area contributed by atoms with Gasteiger partial charge in [0.25, 0.3) is 5.91 Å². The smallest absolute Gasteiger partial charge is 0.272 e. The summed E-state index contributed by atoms with van der Waals surface area (Å²) < 4.78 is 1.58. The summed E-state index contributed by atoms with van der Waals surface area (Å²) in [7, 11) is 1.76. The van der Waals surface area contributed by atoms with Crippen LogP contribution in [0.3, 0.4) is 0 Å². The number of β-amino-alcohol motifs (C(OH)–C–C–N with tert-alkyl or cyclic N) is 1. The van der Waals surface area contributed by atoms with Gasteiger partial charge in [0, 0.05) is 7.05 Å². The Hall–Kier alpha value is -1.36. The van der Waals surface area contributed by atoms with E-state index in [0.29, 0.717) is 25.2 Å². The summed E-state index contributed by atoms with van der Waals surface area (Å²) in [5, 5.41) is 14.0. The highest BCUT2D eigenvalue weighted by molar-refractivity contribution is 5.93. The third-order valence-corrected chi connectivity index (χ3v) is 3.14. The van der Waals surface area contributed by atoms with Gasteiger partial charge >= 0.3 is 0 Å². The van der Waals surface area contributed by atoms with E-state index in [-0.39, 0.29) is 5.91 Å². The van der Waals surface area contributed by atoms with Crippen LogP contribution in [0.15, 0.2) is 6.07 Å². The Morgan fingerprint density at radius 3 is 2.69 bits per heavy atom. The zero-order valence-electron chi connectivity index (χ0n) is 9.90. The maximum absolute atomic E-state index is 12.0. The van der Waals surface area contributed by atoms with Crippen LogP contribution in [0, 0.1) is 6.92 Å². The third-order valence-electron chi connectivity index (χ3n) is 3.14. The normalized spacial score (nSPS) is 18.4. The van der Waals surface area contributed by atoms with Gasteiger partial charge in [-0.2, -0.15) is 5.10 Å². The van der Waals surface area contributed by atoms with Gasteiger partial charge in [0.2, 0.25) is 0 Å². The van der Waals surface area contributed by atoms with E-state index in [4.69, 9.17) is 0 Å². The molecule has 1 aliphatic heterocycles. The fraction of sp³-hybridized carbons (Fsp3) is 0.636. The first-order valence-corrected chi connectivity index (χ1v) is 5.47. The molecule has 0 unspecified atom stereocenters. The van der Waals surface area contributed by atoms with E-state index >= 15 is 0 Å². The van der Waals surface area contributed by atoms with Crippen LogP contribution in [0.1, 0.15) is 29.5 Å². The molecule has 2 rings (SSSR count). The number of carbonyl (C=O) groups excluding carboxylic acids is 1. The first-order chi connectivity index (χ1) is 7.45. The standard InChI is InChI=1S/C11H17N3O2/c1-4-11(16)6-14(7-11)10(15)9-5-8(2)12-13(9)3/h5,16H,4,6-7H2,1-3H3. The first kappa shape index (κ1) is 11.1. The third kappa shape index (κ3) is 1.71. The summed E-state index contributed by atoms with van der Waals surface area (Å²) >= 11 is 0. The molecule has 0 aromatic carbocycles. The molecule has 0 spiro atoms. The largest absolute Gasteiger partial charge is 0.386 e. The molecule has 5 heteroatoms. The van der Waals surface area contributed by atoms with Gasteiger partial charge in [0.1, 0.15) is 5.69 Å². The molecule has 1 aromatic rings. The van der Waals surface area contributed by atoms with Crippen molar-refractivity contribution in [1.82, 2.24) is 14.7 Å². The Kier molecular flexibility index (Phi) is 2.50. The Balaban J connectivity index is 2.08. The highest BCUT2D eigenvalue weighted by atomic mass is 16.3. The van der Waals surface area contributed by atoms with Crippen molar-refractivity contribution in [2.24, 2.45) is 7.05 Å². The summed E-state index contributed by atoms with van der Waals surface area (Å²) in [5.41, 5.74) is 0.733. The van der Waals surface area contributed by atoms with Gasteiger partial charge < -0.3 is 10.0 Å². The van der Waals surface area contributed by atoms with Gasteiger partial charge in [-0.15, -0.1) is 0 Å². The monoisotopic (exact) mass is 223 g/mol. The fourth-order valence-corrected chi connectivity index (χ4v) is 2.00. The van der Waals surface area contributed by atoms with E-state index in [2.05, 4.69) is 5.10 Å². The number of amides is 1. The van der Waals surface area contributed by atoms with Crippen molar-refractivity contribution in [2.45, 2.75) is 25.9 Å². The van der Waals surface area contributed by atoms with E-state index in [1.165, 1.54) is 0 Å². The minimum absolute atomic E-state index is 0.0544. The van der Waals surface area contributed by atoms with Crippen LogP contribution >= 0.6 is 0 Å². The van der Waals surface area contributed by atoms with E-state index < -0.39 is 5.60 Å². The van der Waals surface area contributed by atoms with Crippen molar-refractivity contribution in [1.29, 1.82) is 0 Å². The SMILES string of the molecule is CCC1(O)CN(C(=O)c2cc(C)nn2C)C1. The van der Waals surface area contributed by atoms with Gasteiger partial charge in [-0.25, -0.2) is 0 Å². The van der Waals surface area contributed by atoms with Crippen molar-refractivity contribution < 1.29 is 9.90 Å². The summed E-state index contributed by atoms with van der Waals surface area (Å²) in [6, 6.07) is 1.77. The molecule has 0 bridgehead atoms. The maximum Gasteiger partial charge on any atom is 0.272 e. The quantitative estimate of drug-likeness (QED) is 0.785. The van der Waals surface area contributed by atoms with Crippen LogP contribution in [0.5, 0.6) is 0 Å². The van der Waals surface area contributed by atoms with Crippen LogP contribution in [0.4, 0.5) is 0 Å².